The average Bonchev–Trinajstić information content (AvgIpc) is 3.41. The quantitative estimate of drug-likeness (QED) is 0.147. The molecule has 0 spiro atoms. The molecule has 3 aromatic carbocycles. The third-order valence-electron chi connectivity index (χ3n) is 9.56. The molecule has 0 radical (unpaired) electrons. The second-order valence-corrected chi connectivity index (χ2v) is 18.2. The van der Waals surface area contributed by atoms with E-state index in [1.54, 1.807) is 21.3 Å². The number of nitrogens with one attached hydrogen (secondary N) is 1. The number of hydrogen-bond donors (Lipinski definition) is 1. The molecule has 0 bridgehead atoms. The average molecular weight is 675 g/mol. The van der Waals surface area contributed by atoms with E-state index in [-0.39, 0.29) is 11.6 Å². The smallest absolute Gasteiger partial charge is 0.330 e. The van der Waals surface area contributed by atoms with Crippen molar-refractivity contribution in [2.75, 3.05) is 27.9 Å². The van der Waals surface area contributed by atoms with Crippen LogP contribution < -0.4 is 20.7 Å². The van der Waals surface area contributed by atoms with E-state index in [0.29, 0.717) is 0 Å². The van der Waals surface area contributed by atoms with Crippen molar-refractivity contribution in [3.63, 3.8) is 0 Å². The Bertz CT molecular complexity index is 1720. The summed E-state index contributed by atoms with van der Waals surface area (Å²) in [5.74, 6) is 1.43. The molecule has 0 saturated carbocycles. The number of ether oxygens (including phenoxy) is 5. The van der Waals surface area contributed by atoms with Crippen molar-refractivity contribution in [3.8, 4) is 11.5 Å². The van der Waals surface area contributed by atoms with Crippen LogP contribution in [0.1, 0.15) is 43.7 Å². The fourth-order valence-corrected chi connectivity index (χ4v) is 7.21. The first-order valence-corrected chi connectivity index (χ1v) is 18.9. The summed E-state index contributed by atoms with van der Waals surface area (Å²) in [7, 11) is 2.45. The Morgan fingerprint density at radius 2 is 1.31 bits per heavy atom. The Balaban J connectivity index is 1.64. The number of H-pyrrole nitrogens is 1. The van der Waals surface area contributed by atoms with Crippen LogP contribution in [0.15, 0.2) is 101 Å². The highest BCUT2D eigenvalue weighted by atomic mass is 28.4. The Hall–Kier alpha value is -4.00. The molecule has 2 heterocycles. The van der Waals surface area contributed by atoms with Gasteiger partial charge in [0.2, 0.25) is 0 Å². The molecule has 256 valence electrons. The van der Waals surface area contributed by atoms with E-state index >= 15 is 0 Å². The maximum atomic E-state index is 13.0. The van der Waals surface area contributed by atoms with E-state index in [2.05, 4.69) is 38.8 Å². The van der Waals surface area contributed by atoms with Gasteiger partial charge in [0.25, 0.3) is 5.56 Å². The summed E-state index contributed by atoms with van der Waals surface area (Å²) in [6.07, 6.45) is -1.39. The van der Waals surface area contributed by atoms with Crippen molar-refractivity contribution in [1.29, 1.82) is 0 Å². The van der Waals surface area contributed by atoms with Gasteiger partial charge in [0.05, 0.1) is 20.8 Å². The van der Waals surface area contributed by atoms with Crippen LogP contribution in [-0.4, -0.2) is 64.1 Å². The highest BCUT2D eigenvalue weighted by molar-refractivity contribution is 6.74. The predicted molar refractivity (Wildman–Crippen MR) is 186 cm³/mol. The first-order valence-electron chi connectivity index (χ1n) is 16.0. The Morgan fingerprint density at radius 1 is 0.771 bits per heavy atom. The Labute approximate surface area is 282 Å². The van der Waals surface area contributed by atoms with Crippen LogP contribution >= 0.6 is 0 Å². The van der Waals surface area contributed by atoms with Gasteiger partial charge in [-0.15, -0.1) is 0 Å². The fraction of sp³-hybridized carbons (Fsp3) is 0.405. The lowest BCUT2D eigenvalue weighted by atomic mass is 9.80. The Morgan fingerprint density at radius 3 is 1.79 bits per heavy atom. The molecule has 0 aliphatic carbocycles. The second-order valence-electron chi connectivity index (χ2n) is 13.4. The largest absolute Gasteiger partial charge is 0.497 e. The standard InChI is InChI=1S/C37H46N2O8Si/c1-36(2,3)48(7,8)47-32-30(46-34(33(32)44-6)39-23-22-31(40)38-35(39)41)24-45-37(25-12-10-9-11-13-25,26-14-18-28(42-4)19-15-26)27-16-20-29(43-5)21-17-27/h9-23,30,32-34H,24H2,1-8H3,(H,38,40,41)/t30-,32?,33?,34-/m1/s1. The minimum absolute atomic E-state index is 0.0701. The molecule has 1 aliphatic rings. The summed E-state index contributed by atoms with van der Waals surface area (Å²) in [6.45, 7) is 10.9. The predicted octanol–water partition coefficient (Wildman–Crippen LogP) is 5.87. The van der Waals surface area contributed by atoms with Gasteiger partial charge in [-0.05, 0) is 59.1 Å². The SMILES string of the molecule is COc1ccc(C(OC[C@H]2O[C@@H](n3ccc(=O)[nH]c3=O)C(OC)C2O[Si](C)(C)C(C)(C)C)(c2ccccc2)c2ccc(OC)cc2)cc1. The summed E-state index contributed by atoms with van der Waals surface area (Å²) < 4.78 is 39.3. The normalized spacial score (nSPS) is 20.1. The van der Waals surface area contributed by atoms with E-state index in [1.807, 2.05) is 78.9 Å². The van der Waals surface area contributed by atoms with Gasteiger partial charge in [0.1, 0.15) is 35.4 Å². The molecule has 11 heteroatoms. The summed E-state index contributed by atoms with van der Waals surface area (Å²) >= 11 is 0. The zero-order chi connectivity index (χ0) is 34.7. The lowest BCUT2D eigenvalue weighted by Gasteiger charge is -2.41. The lowest BCUT2D eigenvalue weighted by molar-refractivity contribution is -0.0959. The van der Waals surface area contributed by atoms with Gasteiger partial charge in [-0.2, -0.15) is 0 Å². The maximum Gasteiger partial charge on any atom is 0.330 e. The zero-order valence-electron chi connectivity index (χ0n) is 28.9. The number of nitrogens with zero attached hydrogens (tertiary/aromatic N) is 1. The van der Waals surface area contributed by atoms with E-state index < -0.39 is 49.7 Å². The third-order valence-corrected chi connectivity index (χ3v) is 14.0. The molecule has 1 saturated heterocycles. The first kappa shape index (κ1) is 35.3. The van der Waals surface area contributed by atoms with Crippen molar-refractivity contribution in [2.24, 2.45) is 0 Å². The zero-order valence-corrected chi connectivity index (χ0v) is 29.9. The van der Waals surface area contributed by atoms with Crippen molar-refractivity contribution in [1.82, 2.24) is 9.55 Å². The van der Waals surface area contributed by atoms with Gasteiger partial charge in [-0.25, -0.2) is 4.79 Å². The number of aromatic nitrogens is 2. The molecular formula is C37H46N2O8Si. The maximum absolute atomic E-state index is 13.0. The van der Waals surface area contributed by atoms with Crippen LogP contribution in [0.5, 0.6) is 11.5 Å². The number of methoxy groups -OCH3 is 3. The summed E-state index contributed by atoms with van der Waals surface area (Å²) in [5.41, 5.74) is 0.450. The second kappa shape index (κ2) is 14.2. The highest BCUT2D eigenvalue weighted by Gasteiger charge is 2.52. The van der Waals surface area contributed by atoms with Crippen molar-refractivity contribution in [3.05, 3.63) is 129 Å². The van der Waals surface area contributed by atoms with Crippen LogP contribution in [0.4, 0.5) is 0 Å². The van der Waals surface area contributed by atoms with Crippen LogP contribution in [-0.2, 0) is 24.2 Å². The van der Waals surface area contributed by atoms with Crippen LogP contribution in [0.25, 0.3) is 0 Å². The molecule has 5 rings (SSSR count). The summed E-state index contributed by atoms with van der Waals surface area (Å²) in [5, 5.41) is -0.121. The van der Waals surface area contributed by atoms with Crippen LogP contribution in [0, 0.1) is 0 Å². The molecule has 48 heavy (non-hydrogen) atoms. The molecule has 4 aromatic rings. The number of hydrogen-bond acceptors (Lipinski definition) is 8. The van der Waals surface area contributed by atoms with Gasteiger partial charge >= 0.3 is 5.69 Å². The monoisotopic (exact) mass is 674 g/mol. The molecular weight excluding hydrogens is 628 g/mol. The van der Waals surface area contributed by atoms with Gasteiger partial charge in [-0.3, -0.25) is 14.3 Å². The van der Waals surface area contributed by atoms with Crippen molar-refractivity contribution >= 4 is 8.32 Å². The van der Waals surface area contributed by atoms with Gasteiger partial charge in [0.15, 0.2) is 14.5 Å². The Kier molecular flexibility index (Phi) is 10.5. The number of aromatic amines is 1. The highest BCUT2D eigenvalue weighted by Crippen LogP contribution is 2.45. The third kappa shape index (κ3) is 6.92. The van der Waals surface area contributed by atoms with Crippen molar-refractivity contribution in [2.45, 2.75) is 69.0 Å². The number of benzene rings is 3. The number of rotatable bonds is 12. The van der Waals surface area contributed by atoms with E-state index in [9.17, 15) is 9.59 Å². The molecule has 1 aromatic heterocycles. The minimum Gasteiger partial charge on any atom is -0.497 e. The van der Waals surface area contributed by atoms with E-state index in [0.717, 1.165) is 28.2 Å². The summed E-state index contributed by atoms with van der Waals surface area (Å²) in [6, 6.07) is 26.9. The topological polar surface area (TPSA) is 110 Å². The van der Waals surface area contributed by atoms with E-state index in [4.69, 9.17) is 28.1 Å². The minimum atomic E-state index is -2.40. The van der Waals surface area contributed by atoms with Crippen LogP contribution in [0.2, 0.25) is 18.1 Å². The van der Waals surface area contributed by atoms with Crippen molar-refractivity contribution < 1.29 is 28.1 Å². The molecule has 1 aliphatic heterocycles. The molecule has 4 atom stereocenters. The molecule has 1 fully saturated rings. The molecule has 10 nitrogen and oxygen atoms in total. The van der Waals surface area contributed by atoms with Crippen LogP contribution in [0.3, 0.4) is 0 Å². The molecule has 1 N–H and O–H groups in total. The van der Waals surface area contributed by atoms with Gasteiger partial charge in [-0.1, -0.05) is 75.4 Å². The fourth-order valence-electron chi connectivity index (χ4n) is 5.89. The first-order chi connectivity index (χ1) is 22.8. The van der Waals surface area contributed by atoms with Gasteiger partial charge in [0, 0.05) is 19.4 Å². The molecule has 0 amide bonds. The lowest BCUT2D eigenvalue weighted by Crippen LogP contribution is -2.51. The van der Waals surface area contributed by atoms with Gasteiger partial charge < -0.3 is 28.1 Å². The summed E-state index contributed by atoms with van der Waals surface area (Å²) in [4.78, 5) is 27.3. The van der Waals surface area contributed by atoms with E-state index in [1.165, 1.54) is 16.8 Å². The molecule has 2 unspecified atom stereocenters.